The third kappa shape index (κ3) is 4.98. The van der Waals surface area contributed by atoms with Crippen molar-refractivity contribution in [3.05, 3.63) is 0 Å². The van der Waals surface area contributed by atoms with Crippen molar-refractivity contribution in [2.24, 2.45) is 17.3 Å². The van der Waals surface area contributed by atoms with Gasteiger partial charge in [0.2, 0.25) is 0 Å². The maximum absolute atomic E-state index is 11.2. The first-order valence-electron chi connectivity index (χ1n) is 8.85. The number of aliphatic carboxylic acids is 1. The first-order valence-corrected chi connectivity index (χ1v) is 8.85. The van der Waals surface area contributed by atoms with E-state index in [-0.39, 0.29) is 5.92 Å². The van der Waals surface area contributed by atoms with Crippen LogP contribution >= 0.6 is 0 Å². The predicted octanol–water partition coefficient (Wildman–Crippen LogP) is 4.21. The van der Waals surface area contributed by atoms with E-state index in [9.17, 15) is 9.90 Å². The van der Waals surface area contributed by atoms with Crippen LogP contribution < -0.4 is 5.32 Å². The highest BCUT2D eigenvalue weighted by atomic mass is 16.4. The molecule has 2 saturated carbocycles. The lowest BCUT2D eigenvalue weighted by Crippen LogP contribution is -2.42. The molecule has 2 rings (SSSR count). The number of hydrogen-bond acceptors (Lipinski definition) is 2. The Morgan fingerprint density at radius 2 is 1.62 bits per heavy atom. The van der Waals surface area contributed by atoms with Gasteiger partial charge < -0.3 is 10.4 Å². The van der Waals surface area contributed by atoms with Crippen LogP contribution in [0.25, 0.3) is 0 Å². The van der Waals surface area contributed by atoms with E-state index in [4.69, 9.17) is 0 Å². The summed E-state index contributed by atoms with van der Waals surface area (Å²) >= 11 is 0. The zero-order valence-electron chi connectivity index (χ0n) is 14.0. The van der Waals surface area contributed by atoms with E-state index in [0.717, 1.165) is 31.6 Å². The molecule has 0 heterocycles. The van der Waals surface area contributed by atoms with Gasteiger partial charge in [-0.3, -0.25) is 4.79 Å². The lowest BCUT2D eigenvalue weighted by Gasteiger charge is -2.32. The SMILES string of the molecule is CC(C)(C)C1CCCC(NC2CCCC(C(=O)O)C2)CC1. The van der Waals surface area contributed by atoms with Gasteiger partial charge in [0.1, 0.15) is 0 Å². The maximum atomic E-state index is 11.2. The van der Waals surface area contributed by atoms with Crippen molar-refractivity contribution in [3.63, 3.8) is 0 Å². The van der Waals surface area contributed by atoms with Crippen molar-refractivity contribution in [2.75, 3.05) is 0 Å². The van der Waals surface area contributed by atoms with Crippen LogP contribution in [0, 0.1) is 17.3 Å². The monoisotopic (exact) mass is 295 g/mol. The fourth-order valence-corrected chi connectivity index (χ4v) is 4.23. The molecular weight excluding hydrogens is 262 g/mol. The van der Waals surface area contributed by atoms with E-state index in [2.05, 4.69) is 26.1 Å². The van der Waals surface area contributed by atoms with Crippen LogP contribution in [0.2, 0.25) is 0 Å². The lowest BCUT2D eigenvalue weighted by molar-refractivity contribution is -0.143. The van der Waals surface area contributed by atoms with E-state index in [1.807, 2.05) is 0 Å². The molecule has 0 aromatic heterocycles. The Bertz CT molecular complexity index is 348. The van der Waals surface area contributed by atoms with Crippen molar-refractivity contribution < 1.29 is 9.90 Å². The lowest BCUT2D eigenvalue weighted by atomic mass is 9.76. The largest absolute Gasteiger partial charge is 0.481 e. The molecule has 2 aliphatic carbocycles. The number of hydrogen-bond donors (Lipinski definition) is 2. The molecule has 4 unspecified atom stereocenters. The average Bonchev–Trinajstić information content (AvgIpc) is 2.64. The summed E-state index contributed by atoms with van der Waals surface area (Å²) in [5, 5.41) is 13.0. The minimum atomic E-state index is -0.602. The van der Waals surface area contributed by atoms with Gasteiger partial charge in [0.05, 0.1) is 5.92 Å². The Labute approximate surface area is 129 Å². The molecule has 0 radical (unpaired) electrons. The minimum Gasteiger partial charge on any atom is -0.481 e. The van der Waals surface area contributed by atoms with E-state index in [1.54, 1.807) is 0 Å². The van der Waals surface area contributed by atoms with Crippen LogP contribution in [0.5, 0.6) is 0 Å². The zero-order valence-corrected chi connectivity index (χ0v) is 14.0. The normalized spacial score (nSPS) is 35.2. The van der Waals surface area contributed by atoms with Crippen molar-refractivity contribution in [1.29, 1.82) is 0 Å². The first-order chi connectivity index (χ1) is 9.86. The van der Waals surface area contributed by atoms with Crippen LogP contribution in [-0.2, 0) is 4.79 Å². The van der Waals surface area contributed by atoms with Crippen LogP contribution in [0.4, 0.5) is 0 Å². The topological polar surface area (TPSA) is 49.3 Å². The Morgan fingerprint density at radius 3 is 2.29 bits per heavy atom. The summed E-state index contributed by atoms with van der Waals surface area (Å²) in [5.74, 6) is 0.113. The summed E-state index contributed by atoms with van der Waals surface area (Å²) in [6.07, 6.45) is 10.4. The second kappa shape index (κ2) is 7.13. The van der Waals surface area contributed by atoms with E-state index >= 15 is 0 Å². The fourth-order valence-electron chi connectivity index (χ4n) is 4.23. The maximum Gasteiger partial charge on any atom is 0.306 e. The van der Waals surface area contributed by atoms with E-state index in [1.165, 1.54) is 32.1 Å². The summed E-state index contributed by atoms with van der Waals surface area (Å²) in [6.45, 7) is 7.10. The van der Waals surface area contributed by atoms with Gasteiger partial charge in [-0.15, -0.1) is 0 Å². The summed E-state index contributed by atoms with van der Waals surface area (Å²) < 4.78 is 0. The third-order valence-electron chi connectivity index (χ3n) is 5.69. The van der Waals surface area contributed by atoms with Crippen LogP contribution in [0.1, 0.15) is 78.6 Å². The Balaban J connectivity index is 1.82. The number of rotatable bonds is 3. The molecule has 3 nitrogen and oxygen atoms in total. The summed E-state index contributed by atoms with van der Waals surface area (Å²) in [7, 11) is 0. The van der Waals surface area contributed by atoms with Crippen molar-refractivity contribution in [1.82, 2.24) is 5.32 Å². The molecule has 0 saturated heterocycles. The smallest absolute Gasteiger partial charge is 0.306 e. The van der Waals surface area contributed by atoms with Gasteiger partial charge in [0.15, 0.2) is 0 Å². The molecule has 0 aliphatic heterocycles. The van der Waals surface area contributed by atoms with Crippen LogP contribution in [0.15, 0.2) is 0 Å². The van der Waals surface area contributed by atoms with Gasteiger partial charge in [0, 0.05) is 12.1 Å². The number of nitrogens with one attached hydrogen (secondary N) is 1. The Morgan fingerprint density at radius 1 is 0.952 bits per heavy atom. The molecule has 0 amide bonds. The van der Waals surface area contributed by atoms with E-state index in [0.29, 0.717) is 17.5 Å². The summed E-state index contributed by atoms with van der Waals surface area (Å²) in [5.41, 5.74) is 0.425. The first kappa shape index (κ1) is 16.8. The highest BCUT2D eigenvalue weighted by molar-refractivity contribution is 5.70. The molecule has 2 aliphatic rings. The average molecular weight is 295 g/mol. The predicted molar refractivity (Wildman–Crippen MR) is 86.3 cm³/mol. The Hall–Kier alpha value is -0.570. The molecule has 0 aromatic rings. The Kier molecular flexibility index (Phi) is 5.70. The molecule has 3 heteroatoms. The molecule has 4 atom stereocenters. The third-order valence-corrected chi connectivity index (χ3v) is 5.69. The number of carbonyl (C=O) groups is 1. The standard InChI is InChI=1S/C18H33NO2/c1-18(2,3)14-7-5-8-15(11-10-14)19-16-9-4-6-13(12-16)17(20)21/h13-16,19H,4-12H2,1-3H3,(H,20,21). The van der Waals surface area contributed by atoms with Gasteiger partial charge in [-0.2, -0.15) is 0 Å². The zero-order chi connectivity index (χ0) is 15.5. The highest BCUT2D eigenvalue weighted by Crippen LogP contribution is 2.37. The van der Waals surface area contributed by atoms with Crippen molar-refractivity contribution in [3.8, 4) is 0 Å². The quantitative estimate of drug-likeness (QED) is 0.767. The molecule has 0 bridgehead atoms. The summed E-state index contributed by atoms with van der Waals surface area (Å²) in [4.78, 5) is 11.2. The molecule has 0 spiro atoms. The molecular formula is C18H33NO2. The second-order valence-corrected chi connectivity index (χ2v) is 8.33. The van der Waals surface area contributed by atoms with Crippen LogP contribution in [-0.4, -0.2) is 23.2 Å². The molecule has 122 valence electrons. The fraction of sp³-hybridized carbons (Fsp3) is 0.944. The van der Waals surface area contributed by atoms with Gasteiger partial charge in [-0.25, -0.2) is 0 Å². The van der Waals surface area contributed by atoms with Crippen molar-refractivity contribution >= 4 is 5.97 Å². The van der Waals surface area contributed by atoms with Crippen molar-refractivity contribution in [2.45, 2.75) is 90.6 Å². The van der Waals surface area contributed by atoms with Gasteiger partial charge in [0.25, 0.3) is 0 Å². The molecule has 2 fully saturated rings. The molecule has 2 N–H and O–H groups in total. The summed E-state index contributed by atoms with van der Waals surface area (Å²) in [6, 6.07) is 1.03. The highest BCUT2D eigenvalue weighted by Gasteiger charge is 2.31. The number of carboxylic acids is 1. The second-order valence-electron chi connectivity index (χ2n) is 8.33. The van der Waals surface area contributed by atoms with Gasteiger partial charge in [-0.05, 0) is 56.3 Å². The van der Waals surface area contributed by atoms with Gasteiger partial charge >= 0.3 is 5.97 Å². The molecule has 0 aromatic carbocycles. The minimum absolute atomic E-state index is 0.121. The molecule has 21 heavy (non-hydrogen) atoms. The van der Waals surface area contributed by atoms with Gasteiger partial charge in [-0.1, -0.05) is 33.6 Å². The van der Waals surface area contributed by atoms with E-state index < -0.39 is 5.97 Å². The number of carboxylic acid groups (broad SMARTS) is 1. The van der Waals surface area contributed by atoms with Crippen LogP contribution in [0.3, 0.4) is 0 Å².